The Balaban J connectivity index is 2.32. The van der Waals surface area contributed by atoms with Crippen LogP contribution in [-0.4, -0.2) is 5.92 Å². The molecule has 0 saturated heterocycles. The van der Waals surface area contributed by atoms with E-state index in [1.165, 1.54) is 51.4 Å². The van der Waals surface area contributed by atoms with Crippen LogP contribution in [0, 0.1) is 11.3 Å². The second-order valence-electron chi connectivity index (χ2n) is 7.50. The lowest BCUT2D eigenvalue weighted by Gasteiger charge is -2.30. The highest BCUT2D eigenvalue weighted by Gasteiger charge is 2.63. The molecular weight excluding hydrogens is 266 g/mol. The first kappa shape index (κ1) is 18.9. The van der Waals surface area contributed by atoms with Crippen LogP contribution in [0.15, 0.2) is 0 Å². The van der Waals surface area contributed by atoms with Crippen LogP contribution in [0.5, 0.6) is 0 Å². The first-order valence-electron chi connectivity index (χ1n) is 9.34. The van der Waals surface area contributed by atoms with Gasteiger partial charge in [-0.1, -0.05) is 85.0 Å². The first-order valence-corrected chi connectivity index (χ1v) is 9.34. The number of unbranched alkanes of at least 4 members (excludes halogenated alkanes) is 8. The molecule has 1 rings (SSSR count). The zero-order valence-electron chi connectivity index (χ0n) is 14.5. The van der Waals surface area contributed by atoms with Gasteiger partial charge in [0.25, 0.3) is 5.92 Å². The maximum absolute atomic E-state index is 13.6. The summed E-state index contributed by atoms with van der Waals surface area (Å²) >= 11 is 0. The Morgan fingerprint density at radius 2 is 1.19 bits per heavy atom. The van der Waals surface area contributed by atoms with Crippen LogP contribution >= 0.6 is 0 Å². The van der Waals surface area contributed by atoms with Gasteiger partial charge in [0, 0.05) is 12.3 Å². The van der Waals surface area contributed by atoms with Crippen molar-refractivity contribution in [2.75, 3.05) is 0 Å². The second-order valence-corrected chi connectivity index (χ2v) is 7.50. The lowest BCUT2D eigenvalue weighted by atomic mass is 9.75. The third-order valence-electron chi connectivity index (χ3n) is 5.37. The third kappa shape index (κ3) is 6.65. The molecule has 1 saturated carbocycles. The van der Waals surface area contributed by atoms with E-state index in [-0.39, 0.29) is 17.8 Å². The van der Waals surface area contributed by atoms with Gasteiger partial charge in [0.15, 0.2) is 0 Å². The molecule has 1 fully saturated rings. The van der Waals surface area contributed by atoms with Crippen molar-refractivity contribution in [3.8, 4) is 0 Å². The molecule has 2 heteroatoms. The smallest absolute Gasteiger partial charge is 0.207 e. The molecule has 126 valence electrons. The van der Waals surface area contributed by atoms with Crippen LogP contribution in [0.2, 0.25) is 0 Å². The Labute approximate surface area is 131 Å². The number of rotatable bonds is 13. The Morgan fingerprint density at radius 3 is 1.52 bits per heavy atom. The maximum Gasteiger partial charge on any atom is 0.252 e. The minimum absolute atomic E-state index is 0.109. The van der Waals surface area contributed by atoms with E-state index < -0.39 is 5.92 Å². The highest BCUT2D eigenvalue weighted by atomic mass is 19.3. The van der Waals surface area contributed by atoms with Crippen molar-refractivity contribution in [1.82, 2.24) is 0 Å². The molecule has 0 bridgehead atoms. The lowest BCUT2D eigenvalue weighted by molar-refractivity contribution is 0.0515. The summed E-state index contributed by atoms with van der Waals surface area (Å²) in [6.45, 7) is 6.56. The fraction of sp³-hybridized carbons (Fsp3) is 1.00. The van der Waals surface area contributed by atoms with Gasteiger partial charge < -0.3 is 0 Å². The number of hydrogen-bond acceptors (Lipinski definition) is 0. The van der Waals surface area contributed by atoms with Crippen molar-refractivity contribution in [3.05, 3.63) is 0 Å². The van der Waals surface area contributed by atoms with Gasteiger partial charge in [-0.25, -0.2) is 8.78 Å². The fourth-order valence-electron chi connectivity index (χ4n) is 3.71. The highest BCUT2D eigenvalue weighted by molar-refractivity contribution is 5.04. The molecule has 21 heavy (non-hydrogen) atoms. The topological polar surface area (TPSA) is 0 Å². The predicted octanol–water partition coefficient (Wildman–Crippen LogP) is 7.37. The van der Waals surface area contributed by atoms with Gasteiger partial charge >= 0.3 is 0 Å². The number of hydrogen-bond donors (Lipinski definition) is 0. The predicted molar refractivity (Wildman–Crippen MR) is 87.9 cm³/mol. The molecule has 0 aromatic rings. The normalized spacial score (nSPS) is 20.7. The summed E-state index contributed by atoms with van der Waals surface area (Å²) in [5.74, 6) is -2.69. The summed E-state index contributed by atoms with van der Waals surface area (Å²) in [4.78, 5) is 0. The van der Waals surface area contributed by atoms with Gasteiger partial charge in [0.05, 0.1) is 0 Å². The van der Waals surface area contributed by atoms with Gasteiger partial charge in [-0.05, 0) is 18.3 Å². The summed E-state index contributed by atoms with van der Waals surface area (Å²) in [7, 11) is 0. The summed E-state index contributed by atoms with van der Waals surface area (Å²) in [6.07, 6.45) is 14.5. The molecule has 1 aliphatic rings. The average molecular weight is 302 g/mol. The zero-order chi connectivity index (χ0) is 15.8. The molecule has 1 aliphatic carbocycles. The van der Waals surface area contributed by atoms with E-state index in [1.807, 2.05) is 0 Å². The largest absolute Gasteiger partial charge is 0.252 e. The minimum atomic E-state index is -2.36. The van der Waals surface area contributed by atoms with Crippen molar-refractivity contribution in [2.24, 2.45) is 11.3 Å². The van der Waals surface area contributed by atoms with E-state index in [9.17, 15) is 8.78 Å². The van der Waals surface area contributed by atoms with E-state index in [2.05, 4.69) is 20.8 Å². The standard InChI is InChI=1S/C19H36F2/c1-4-6-8-10-12-14-18(3,17-16-19(17,20)21)15-13-11-9-7-5-2/h17H,4-16H2,1-3H3. The SMILES string of the molecule is CCCCCCCC(C)(CCCCCCC)C1CC1(F)F. The number of alkyl halides is 2. The fourth-order valence-corrected chi connectivity index (χ4v) is 3.71. The molecule has 1 atom stereocenters. The zero-order valence-corrected chi connectivity index (χ0v) is 14.5. The van der Waals surface area contributed by atoms with Crippen molar-refractivity contribution in [3.63, 3.8) is 0 Å². The highest BCUT2D eigenvalue weighted by Crippen LogP contribution is 2.61. The molecule has 1 unspecified atom stereocenters. The van der Waals surface area contributed by atoms with Gasteiger partial charge in [-0.3, -0.25) is 0 Å². The monoisotopic (exact) mass is 302 g/mol. The van der Waals surface area contributed by atoms with Crippen LogP contribution in [-0.2, 0) is 0 Å². The van der Waals surface area contributed by atoms with Crippen LogP contribution in [0.1, 0.15) is 104 Å². The molecule has 0 nitrogen and oxygen atoms in total. The van der Waals surface area contributed by atoms with Crippen molar-refractivity contribution in [1.29, 1.82) is 0 Å². The summed E-state index contributed by atoms with van der Waals surface area (Å²) in [5, 5.41) is 0. The number of halogens is 2. The molecule has 0 N–H and O–H groups in total. The first-order chi connectivity index (χ1) is 9.96. The van der Waals surface area contributed by atoms with Gasteiger partial charge in [-0.2, -0.15) is 0 Å². The Hall–Kier alpha value is -0.140. The second kappa shape index (κ2) is 9.10. The molecular formula is C19H36F2. The van der Waals surface area contributed by atoms with Gasteiger partial charge in [0.2, 0.25) is 0 Å². The minimum Gasteiger partial charge on any atom is -0.207 e. The quantitative estimate of drug-likeness (QED) is 0.311. The van der Waals surface area contributed by atoms with Crippen molar-refractivity contribution < 1.29 is 8.78 Å². The van der Waals surface area contributed by atoms with E-state index in [4.69, 9.17) is 0 Å². The molecule has 0 aliphatic heterocycles. The Kier molecular flexibility index (Phi) is 8.19. The average Bonchev–Trinajstić information content (AvgIpc) is 3.08. The third-order valence-corrected chi connectivity index (χ3v) is 5.37. The van der Waals surface area contributed by atoms with Gasteiger partial charge in [-0.15, -0.1) is 0 Å². The van der Waals surface area contributed by atoms with E-state index in [1.54, 1.807) is 0 Å². The van der Waals surface area contributed by atoms with Crippen LogP contribution in [0.3, 0.4) is 0 Å². The van der Waals surface area contributed by atoms with Crippen molar-refractivity contribution in [2.45, 2.75) is 110 Å². The van der Waals surface area contributed by atoms with Crippen LogP contribution in [0.25, 0.3) is 0 Å². The molecule has 0 heterocycles. The van der Waals surface area contributed by atoms with Gasteiger partial charge in [0.1, 0.15) is 0 Å². The molecule has 0 spiro atoms. The Bertz CT molecular complexity index is 259. The van der Waals surface area contributed by atoms with Crippen LogP contribution in [0.4, 0.5) is 8.78 Å². The molecule has 0 amide bonds. The summed E-state index contributed by atoms with van der Waals surface area (Å²) < 4.78 is 27.1. The summed E-state index contributed by atoms with van der Waals surface area (Å²) in [6, 6.07) is 0. The molecule has 0 aromatic carbocycles. The molecule has 0 radical (unpaired) electrons. The Morgan fingerprint density at radius 1 is 0.810 bits per heavy atom. The van der Waals surface area contributed by atoms with E-state index >= 15 is 0 Å². The molecule has 0 aromatic heterocycles. The van der Waals surface area contributed by atoms with E-state index in [0.717, 1.165) is 25.7 Å². The van der Waals surface area contributed by atoms with Crippen molar-refractivity contribution >= 4 is 0 Å². The van der Waals surface area contributed by atoms with Crippen LogP contribution < -0.4 is 0 Å². The summed E-state index contributed by atoms with van der Waals surface area (Å²) in [5.41, 5.74) is -0.109. The van der Waals surface area contributed by atoms with E-state index in [0.29, 0.717) is 0 Å². The lowest BCUT2D eigenvalue weighted by Crippen LogP contribution is -2.23. The maximum atomic E-state index is 13.6.